The molecular formula is C8H5F3NNaS. The van der Waals surface area contributed by atoms with E-state index >= 15 is 0 Å². The van der Waals surface area contributed by atoms with Gasteiger partial charge in [0.15, 0.2) is 0 Å². The summed E-state index contributed by atoms with van der Waals surface area (Å²) in [6.07, 6.45) is -4.38. The molecule has 0 amide bonds. The van der Waals surface area contributed by atoms with Crippen LogP contribution >= 0.6 is 12.6 Å². The van der Waals surface area contributed by atoms with Crippen LogP contribution in [-0.4, -0.2) is 29.6 Å². The van der Waals surface area contributed by atoms with Gasteiger partial charge in [-0.25, -0.2) is 0 Å². The Labute approximate surface area is 107 Å². The molecule has 1 aromatic rings. The van der Waals surface area contributed by atoms with E-state index in [9.17, 15) is 13.2 Å². The second kappa shape index (κ2) is 5.08. The van der Waals surface area contributed by atoms with Gasteiger partial charge in [-0.2, -0.15) is 18.4 Å². The number of nitrogens with zero attached hydrogens (tertiary/aromatic N) is 1. The molecule has 0 saturated carbocycles. The fourth-order valence-electron chi connectivity index (χ4n) is 0.803. The zero-order valence-electron chi connectivity index (χ0n) is 6.26. The summed E-state index contributed by atoms with van der Waals surface area (Å²) in [5.41, 5.74) is -0.659. The molecule has 0 N–H and O–H groups in total. The standard InChI is InChI=1S/C8H4F3NS.Na.H/c9-8(10,11)6-2-1-5(4-12)7(13)3-6;;/h1-3,13H;;. The molecule has 1 nitrogen and oxygen atoms in total. The second-order valence-electron chi connectivity index (χ2n) is 2.34. The molecule has 6 heteroatoms. The SMILES string of the molecule is N#Cc1ccc(C(F)(F)F)cc1S.[NaH]. The summed E-state index contributed by atoms with van der Waals surface area (Å²) in [4.78, 5) is 0.0392. The quantitative estimate of drug-likeness (QED) is 0.533. The third-order valence-corrected chi connectivity index (χ3v) is 1.82. The van der Waals surface area contributed by atoms with Gasteiger partial charge in [-0.05, 0) is 18.2 Å². The maximum absolute atomic E-state index is 12.1. The minimum absolute atomic E-state index is 0. The van der Waals surface area contributed by atoms with E-state index in [-0.39, 0.29) is 40.0 Å². The molecule has 0 aliphatic heterocycles. The molecule has 0 aliphatic rings. The summed E-state index contributed by atoms with van der Waals surface area (Å²) in [6, 6.07) is 4.53. The van der Waals surface area contributed by atoms with Crippen molar-refractivity contribution in [3.8, 4) is 6.07 Å². The van der Waals surface area contributed by atoms with E-state index in [2.05, 4.69) is 12.6 Å². The van der Waals surface area contributed by atoms with Gasteiger partial charge in [0.2, 0.25) is 0 Å². The van der Waals surface area contributed by atoms with E-state index in [1.165, 1.54) is 0 Å². The van der Waals surface area contributed by atoms with Crippen molar-refractivity contribution in [2.75, 3.05) is 0 Å². The monoisotopic (exact) mass is 227 g/mol. The minimum atomic E-state index is -4.38. The summed E-state index contributed by atoms with van der Waals surface area (Å²) in [5.74, 6) is 0. The number of nitriles is 1. The zero-order valence-corrected chi connectivity index (χ0v) is 7.15. The molecule has 0 unspecified atom stereocenters. The van der Waals surface area contributed by atoms with Gasteiger partial charge in [-0.3, -0.25) is 0 Å². The summed E-state index contributed by atoms with van der Waals surface area (Å²) < 4.78 is 36.3. The predicted octanol–water partition coefficient (Wildman–Crippen LogP) is 2.22. The summed E-state index contributed by atoms with van der Waals surface area (Å²) >= 11 is 3.76. The molecule has 0 spiro atoms. The second-order valence-corrected chi connectivity index (χ2v) is 2.82. The molecule has 0 aliphatic carbocycles. The molecule has 0 atom stereocenters. The Morgan fingerprint density at radius 3 is 2.21 bits per heavy atom. The van der Waals surface area contributed by atoms with Crippen molar-refractivity contribution in [1.29, 1.82) is 5.26 Å². The molecule has 0 heterocycles. The number of halogens is 3. The summed E-state index contributed by atoms with van der Waals surface area (Å²) in [6.45, 7) is 0. The fourth-order valence-corrected chi connectivity index (χ4v) is 1.07. The van der Waals surface area contributed by atoms with Gasteiger partial charge in [0, 0.05) is 4.90 Å². The first-order chi connectivity index (χ1) is 5.95. The van der Waals surface area contributed by atoms with Gasteiger partial charge < -0.3 is 0 Å². The van der Waals surface area contributed by atoms with Gasteiger partial charge in [0.05, 0.1) is 11.1 Å². The van der Waals surface area contributed by atoms with Gasteiger partial charge in [0.1, 0.15) is 6.07 Å². The van der Waals surface area contributed by atoms with Crippen molar-refractivity contribution in [2.45, 2.75) is 11.1 Å². The Morgan fingerprint density at radius 2 is 1.86 bits per heavy atom. The van der Waals surface area contributed by atoms with Crippen LogP contribution in [-0.2, 0) is 6.18 Å². The first-order valence-corrected chi connectivity index (χ1v) is 3.70. The molecule has 70 valence electrons. The Balaban J connectivity index is 0.00000169. The molecule has 0 bridgehead atoms. The Morgan fingerprint density at radius 1 is 1.29 bits per heavy atom. The molecular weight excluding hydrogens is 222 g/mol. The topological polar surface area (TPSA) is 23.8 Å². The Bertz CT molecular complexity index is 370. The van der Waals surface area contributed by atoms with Crippen LogP contribution in [0.4, 0.5) is 13.2 Å². The molecule has 1 aromatic carbocycles. The number of alkyl halides is 3. The van der Waals surface area contributed by atoms with E-state index in [4.69, 9.17) is 5.26 Å². The van der Waals surface area contributed by atoms with Crippen molar-refractivity contribution in [3.05, 3.63) is 29.3 Å². The summed E-state index contributed by atoms with van der Waals surface area (Å²) in [5, 5.41) is 8.43. The number of benzene rings is 1. The first-order valence-electron chi connectivity index (χ1n) is 3.25. The molecule has 0 radical (unpaired) electrons. The van der Waals surface area contributed by atoms with E-state index in [1.54, 1.807) is 6.07 Å². The van der Waals surface area contributed by atoms with Crippen LogP contribution in [0.25, 0.3) is 0 Å². The zero-order chi connectivity index (χ0) is 10.1. The number of hydrogen-bond acceptors (Lipinski definition) is 2. The van der Waals surface area contributed by atoms with Crippen LogP contribution in [0, 0.1) is 11.3 Å². The molecule has 0 aromatic heterocycles. The van der Waals surface area contributed by atoms with Crippen molar-refractivity contribution >= 4 is 42.2 Å². The molecule has 0 fully saturated rings. The Kier molecular flexibility index (Phi) is 5.02. The van der Waals surface area contributed by atoms with E-state index in [0.29, 0.717) is 0 Å². The average Bonchev–Trinajstić information content (AvgIpc) is 2.02. The number of rotatable bonds is 0. The van der Waals surface area contributed by atoms with Crippen molar-refractivity contribution in [2.24, 2.45) is 0 Å². The van der Waals surface area contributed by atoms with E-state index < -0.39 is 11.7 Å². The van der Waals surface area contributed by atoms with Crippen LogP contribution in [0.5, 0.6) is 0 Å². The first kappa shape index (κ1) is 13.8. The average molecular weight is 227 g/mol. The van der Waals surface area contributed by atoms with Crippen LogP contribution in [0.3, 0.4) is 0 Å². The fraction of sp³-hybridized carbons (Fsp3) is 0.125. The number of thiol groups is 1. The Hall–Kier alpha value is -0.150. The normalized spacial score (nSPS) is 10.2. The van der Waals surface area contributed by atoms with Crippen LogP contribution in [0.2, 0.25) is 0 Å². The predicted molar refractivity (Wildman–Crippen MR) is 50.6 cm³/mol. The molecule has 0 saturated heterocycles. The summed E-state index contributed by atoms with van der Waals surface area (Å²) in [7, 11) is 0. The van der Waals surface area contributed by atoms with Crippen molar-refractivity contribution in [3.63, 3.8) is 0 Å². The van der Waals surface area contributed by atoms with Crippen molar-refractivity contribution < 1.29 is 13.2 Å². The van der Waals surface area contributed by atoms with Crippen LogP contribution in [0.15, 0.2) is 23.1 Å². The third kappa shape index (κ3) is 3.21. The number of hydrogen-bond donors (Lipinski definition) is 1. The van der Waals surface area contributed by atoms with Crippen LogP contribution < -0.4 is 0 Å². The molecule has 14 heavy (non-hydrogen) atoms. The van der Waals surface area contributed by atoms with Gasteiger partial charge in [-0.15, -0.1) is 12.6 Å². The van der Waals surface area contributed by atoms with Gasteiger partial charge in [-0.1, -0.05) is 0 Å². The molecule has 1 rings (SSSR count). The van der Waals surface area contributed by atoms with Gasteiger partial charge >= 0.3 is 35.7 Å². The third-order valence-electron chi connectivity index (χ3n) is 1.45. The van der Waals surface area contributed by atoms with E-state index in [0.717, 1.165) is 18.2 Å². The van der Waals surface area contributed by atoms with E-state index in [1.807, 2.05) is 0 Å². The van der Waals surface area contributed by atoms with Gasteiger partial charge in [0.25, 0.3) is 0 Å². The maximum atomic E-state index is 12.1. The van der Waals surface area contributed by atoms with Crippen molar-refractivity contribution in [1.82, 2.24) is 0 Å². The van der Waals surface area contributed by atoms with Crippen LogP contribution in [0.1, 0.15) is 11.1 Å².